The molecule has 1 unspecified atom stereocenters. The number of aliphatic hydroxyl groups is 2. The second-order valence-corrected chi connectivity index (χ2v) is 22.8. The van der Waals surface area contributed by atoms with E-state index in [4.69, 9.17) is 33.4 Å². The van der Waals surface area contributed by atoms with Gasteiger partial charge in [-0.15, -0.1) is 0 Å². The Balaban J connectivity index is 2.69. The molecule has 12 atom stereocenters. The van der Waals surface area contributed by atoms with E-state index in [0.29, 0.717) is 12.0 Å². The Hall–Kier alpha value is -7.42. The average Bonchev–Trinajstić information content (AvgIpc) is 3.68. The minimum atomic E-state index is -1.78. The fraction of sp³-hybridized carbons (Fsp3) is 0.684. The molecule has 31 nitrogen and oxygen atoms in total. The van der Waals surface area contributed by atoms with Crippen molar-refractivity contribution < 1.29 is 72.5 Å². The Kier molecular flexibility index (Phi) is 34.4. The minimum absolute atomic E-state index is 0.0239. The second kappa shape index (κ2) is 39.5. The van der Waals surface area contributed by atoms with Crippen LogP contribution in [-0.4, -0.2) is 200 Å². The zero-order valence-corrected chi connectivity index (χ0v) is 51.7. The molecular formula is C57H98N16O15. The molecule has 23 N–H and O–H groups in total. The summed E-state index contributed by atoms with van der Waals surface area (Å²) in [6.45, 7) is 9.67. The number of esters is 1. The van der Waals surface area contributed by atoms with Gasteiger partial charge in [-0.2, -0.15) is 0 Å². The summed E-state index contributed by atoms with van der Waals surface area (Å²) in [7, 11) is 0. The normalized spacial score (nSPS) is 22.3. The van der Waals surface area contributed by atoms with Gasteiger partial charge in [-0.1, -0.05) is 51.1 Å². The van der Waals surface area contributed by atoms with Crippen LogP contribution in [0, 0.1) is 11.3 Å². The van der Waals surface area contributed by atoms with Crippen LogP contribution in [0.5, 0.6) is 0 Å². The average molecular weight is 1250 g/mol. The van der Waals surface area contributed by atoms with Crippen molar-refractivity contribution in [2.24, 2.45) is 40.0 Å². The molecule has 1 aromatic rings. The molecule has 496 valence electrons. The van der Waals surface area contributed by atoms with E-state index in [1.807, 2.05) is 0 Å². The largest absolute Gasteiger partial charge is 0.465 e. The number of carbonyl (C=O) groups excluding carboxylic acids is 12. The predicted octanol–water partition coefficient (Wildman–Crippen LogP) is -6.09. The lowest BCUT2D eigenvalue weighted by Gasteiger charge is -2.29. The number of amides is 11. The van der Waals surface area contributed by atoms with Crippen LogP contribution in [-0.2, 0) is 68.7 Å². The molecule has 1 fully saturated rings. The van der Waals surface area contributed by atoms with Gasteiger partial charge >= 0.3 is 5.97 Å². The van der Waals surface area contributed by atoms with Crippen LogP contribution in [0.4, 0.5) is 0 Å². The lowest BCUT2D eigenvalue weighted by molar-refractivity contribution is -0.154. The Morgan fingerprint density at radius 1 is 0.614 bits per heavy atom. The summed E-state index contributed by atoms with van der Waals surface area (Å²) in [5.74, 6) is -11.0. The van der Waals surface area contributed by atoms with Gasteiger partial charge in [0.25, 0.3) is 0 Å². The van der Waals surface area contributed by atoms with Gasteiger partial charge in [-0.25, -0.2) is 0 Å². The smallest absolute Gasteiger partial charge is 0.311 e. The molecule has 11 amide bonds. The highest BCUT2D eigenvalue weighted by atomic mass is 16.5. The molecule has 0 spiro atoms. The van der Waals surface area contributed by atoms with Crippen molar-refractivity contribution in [3.8, 4) is 0 Å². The van der Waals surface area contributed by atoms with Crippen LogP contribution < -0.4 is 87.2 Å². The van der Waals surface area contributed by atoms with E-state index in [9.17, 15) is 67.7 Å². The van der Waals surface area contributed by atoms with Crippen molar-refractivity contribution in [1.29, 1.82) is 0 Å². The van der Waals surface area contributed by atoms with Crippen molar-refractivity contribution in [1.82, 2.24) is 58.5 Å². The van der Waals surface area contributed by atoms with Crippen LogP contribution in [0.1, 0.15) is 118 Å². The van der Waals surface area contributed by atoms with E-state index in [0.717, 1.165) is 6.92 Å². The molecule has 0 aliphatic carbocycles. The van der Waals surface area contributed by atoms with E-state index < -0.39 is 162 Å². The van der Waals surface area contributed by atoms with Gasteiger partial charge in [0.05, 0.1) is 24.0 Å². The van der Waals surface area contributed by atoms with Crippen molar-refractivity contribution in [3.63, 3.8) is 0 Å². The molecule has 88 heavy (non-hydrogen) atoms. The molecule has 1 aliphatic heterocycles. The monoisotopic (exact) mass is 1250 g/mol. The van der Waals surface area contributed by atoms with E-state index in [-0.39, 0.29) is 103 Å². The van der Waals surface area contributed by atoms with Gasteiger partial charge in [-0.05, 0) is 130 Å². The maximum absolute atomic E-state index is 14.6. The third-order valence-electron chi connectivity index (χ3n) is 14.4. The van der Waals surface area contributed by atoms with E-state index in [1.165, 1.54) is 6.92 Å². The summed E-state index contributed by atoms with van der Waals surface area (Å²) >= 11 is 0. The predicted molar refractivity (Wildman–Crippen MR) is 323 cm³/mol. The lowest BCUT2D eigenvalue weighted by Crippen LogP contribution is -2.62. The summed E-state index contributed by atoms with van der Waals surface area (Å²) in [5.41, 5.74) is 29.0. The number of nitrogens with one attached hydrogen (secondary N) is 11. The maximum atomic E-state index is 14.6. The zero-order valence-electron chi connectivity index (χ0n) is 51.7. The second-order valence-electron chi connectivity index (χ2n) is 22.8. The zero-order chi connectivity index (χ0) is 66.3. The molecule has 2 rings (SSSR count). The number of carbonyl (C=O) groups is 12. The first-order valence-corrected chi connectivity index (χ1v) is 30.0. The maximum Gasteiger partial charge on any atom is 0.311 e. The van der Waals surface area contributed by atoms with Crippen molar-refractivity contribution in [2.75, 3.05) is 45.9 Å². The Morgan fingerprint density at radius 3 is 1.65 bits per heavy atom. The highest BCUT2D eigenvalue weighted by molar-refractivity contribution is 5.99. The third kappa shape index (κ3) is 26.5. The lowest BCUT2D eigenvalue weighted by atomic mass is 9.91. The van der Waals surface area contributed by atoms with Crippen LogP contribution in [0.2, 0.25) is 0 Å². The molecule has 1 aromatic carbocycles. The van der Waals surface area contributed by atoms with Gasteiger partial charge in [0.2, 0.25) is 65.0 Å². The summed E-state index contributed by atoms with van der Waals surface area (Å²) < 4.78 is 5.23. The van der Waals surface area contributed by atoms with Gasteiger partial charge in [0, 0.05) is 13.0 Å². The number of rotatable bonds is 29. The standard InChI is InChI=1S/C57H98N16O15/c1-8-57(6,7)56(87)88-28-21-43(76)64-36(16-23-59)50(81)73-45(33(5)75)55(86)69-38(18-25-61)48(79)68-40-20-27-63-54(85)44(32(4)74)72-51(82)39(19-26-62)66-47(78)37(17-24-60)67-52(83)41(29-31(2)3)70-53(84)42(30-34-13-10-9-11-14-34)71-46(77)35(15-12-22-58)65-49(40)80/h9-11,13-14,31-33,35-42,44-45,74-75H,8,12,15-30,58-62H2,1-7H3,(H,63,85)(H,64,76)(H,65,80)(H,66,78)(H,67,83)(H,68,79)(H,69,86)(H,70,84)(H,71,77)(H,72,82)(H,73,81)/t32-,33?,35-,36-,37-,38-,39-,40-,41-,42+,44-,45-/m0/s1. The minimum Gasteiger partial charge on any atom is -0.465 e. The van der Waals surface area contributed by atoms with Crippen molar-refractivity contribution in [3.05, 3.63) is 35.9 Å². The fourth-order valence-electron chi connectivity index (χ4n) is 8.87. The van der Waals surface area contributed by atoms with Crippen LogP contribution in [0.3, 0.4) is 0 Å². The molecule has 0 radical (unpaired) electrons. The van der Waals surface area contributed by atoms with E-state index >= 15 is 0 Å². The Labute approximate surface area is 513 Å². The molecule has 1 saturated heterocycles. The Bertz CT molecular complexity index is 2470. The molecule has 0 bridgehead atoms. The first kappa shape index (κ1) is 76.7. The third-order valence-corrected chi connectivity index (χ3v) is 14.4. The molecule has 0 saturated carbocycles. The summed E-state index contributed by atoms with van der Waals surface area (Å²) in [4.78, 5) is 167. The molecule has 0 aromatic heterocycles. The molecule has 1 heterocycles. The number of benzene rings is 1. The highest BCUT2D eigenvalue weighted by Gasteiger charge is 2.38. The first-order chi connectivity index (χ1) is 41.6. The number of ether oxygens (including phenoxy) is 1. The first-order valence-electron chi connectivity index (χ1n) is 30.0. The van der Waals surface area contributed by atoms with Gasteiger partial charge in [0.1, 0.15) is 67.0 Å². The number of hydrogen-bond donors (Lipinski definition) is 18. The van der Waals surface area contributed by atoms with Crippen LogP contribution >= 0.6 is 0 Å². The summed E-state index contributed by atoms with van der Waals surface area (Å²) in [6, 6.07) is -6.57. The van der Waals surface area contributed by atoms with Crippen LogP contribution in [0.25, 0.3) is 0 Å². The van der Waals surface area contributed by atoms with E-state index in [2.05, 4.69) is 58.5 Å². The van der Waals surface area contributed by atoms with Crippen molar-refractivity contribution in [2.45, 2.75) is 192 Å². The number of aliphatic hydroxyl groups excluding tert-OH is 2. The molecule has 31 heteroatoms. The summed E-state index contributed by atoms with van der Waals surface area (Å²) in [6.07, 6.45) is -4.39. The topological polar surface area (TPSA) is 517 Å². The molecular weight excluding hydrogens is 1150 g/mol. The SMILES string of the molecule is CCC(C)(C)C(=O)OCCC(=O)N[C@@H](CCN)C(=O)N[C@H](C(=O)N[C@@H](CCN)C(=O)N[C@H]1CCNC(=O)[C@H]([C@H](C)O)NC(=O)[C@H](CCN)NC(=O)[C@H](CCN)NC(=O)[C@H](CC(C)C)NC(=O)[C@@H](Cc2ccccc2)NC(=O)[C@H](CCCN)NC1=O)C(C)O. The Morgan fingerprint density at radius 2 is 1.12 bits per heavy atom. The van der Waals surface area contributed by atoms with Crippen LogP contribution in [0.15, 0.2) is 30.3 Å². The molecule has 1 aliphatic rings. The van der Waals surface area contributed by atoms with Gasteiger partial charge in [0.15, 0.2) is 0 Å². The fourth-order valence-corrected chi connectivity index (χ4v) is 8.87. The van der Waals surface area contributed by atoms with E-state index in [1.54, 1.807) is 65.0 Å². The number of hydrogen-bond acceptors (Lipinski definition) is 20. The quantitative estimate of drug-likeness (QED) is 0.0332. The van der Waals surface area contributed by atoms with Gasteiger partial charge < -0.3 is 102 Å². The van der Waals surface area contributed by atoms with Gasteiger partial charge in [-0.3, -0.25) is 57.5 Å². The highest BCUT2D eigenvalue weighted by Crippen LogP contribution is 2.21. The van der Waals surface area contributed by atoms with Crippen molar-refractivity contribution >= 4 is 70.9 Å². The number of nitrogens with two attached hydrogens (primary N) is 5. The summed E-state index contributed by atoms with van der Waals surface area (Å²) in [5, 5.41) is 49.5.